The zero-order chi connectivity index (χ0) is 22.1. The lowest BCUT2D eigenvalue weighted by Gasteiger charge is -2.04. The number of anilines is 1. The van der Waals surface area contributed by atoms with Crippen molar-refractivity contribution < 1.29 is 4.79 Å². The molecule has 0 aliphatic carbocycles. The van der Waals surface area contributed by atoms with Crippen LogP contribution in [0.4, 0.5) is 5.69 Å². The molecule has 0 unspecified atom stereocenters. The molecule has 0 radical (unpaired) electrons. The molecule has 31 heavy (non-hydrogen) atoms. The van der Waals surface area contributed by atoms with Crippen LogP contribution >= 0.6 is 11.3 Å². The van der Waals surface area contributed by atoms with Crippen molar-refractivity contribution in [2.75, 3.05) is 5.32 Å². The molecule has 2 aromatic heterocycles. The molecule has 4 aromatic rings. The molecule has 0 fully saturated rings. The number of rotatable bonds is 5. The molecule has 0 saturated carbocycles. The van der Waals surface area contributed by atoms with Gasteiger partial charge in [0, 0.05) is 23.4 Å². The van der Waals surface area contributed by atoms with Gasteiger partial charge < -0.3 is 5.32 Å². The molecule has 0 aliphatic heterocycles. The second kappa shape index (κ2) is 8.35. The Bertz CT molecular complexity index is 1300. The van der Waals surface area contributed by atoms with Crippen LogP contribution in [0.3, 0.4) is 0 Å². The predicted octanol–water partition coefficient (Wildman–Crippen LogP) is 4.70. The highest BCUT2D eigenvalue weighted by molar-refractivity contribution is 7.16. The lowest BCUT2D eigenvalue weighted by Crippen LogP contribution is -2.17. The van der Waals surface area contributed by atoms with Crippen LogP contribution in [0, 0.1) is 27.7 Å². The van der Waals surface area contributed by atoms with Crippen molar-refractivity contribution in [1.82, 2.24) is 14.8 Å². The third-order valence-corrected chi connectivity index (χ3v) is 6.33. The van der Waals surface area contributed by atoms with Crippen LogP contribution in [0.25, 0.3) is 5.13 Å². The summed E-state index contributed by atoms with van der Waals surface area (Å²) in [6.07, 6.45) is 0.541. The minimum absolute atomic E-state index is 0.141. The van der Waals surface area contributed by atoms with E-state index >= 15 is 0 Å². The summed E-state index contributed by atoms with van der Waals surface area (Å²) in [5.41, 5.74) is 6.04. The van der Waals surface area contributed by atoms with Crippen molar-refractivity contribution in [3.63, 3.8) is 0 Å². The second-order valence-corrected chi connectivity index (χ2v) is 8.73. The largest absolute Gasteiger partial charge is 0.321 e. The van der Waals surface area contributed by atoms with Gasteiger partial charge in [-0.15, -0.1) is 0 Å². The first kappa shape index (κ1) is 20.8. The van der Waals surface area contributed by atoms with E-state index < -0.39 is 0 Å². The fraction of sp³-hybridized carbons (Fsp3) is 0.208. The maximum absolute atomic E-state index is 13.1. The first-order chi connectivity index (χ1) is 14.8. The summed E-state index contributed by atoms with van der Waals surface area (Å²) in [6.45, 7) is 7.69. The van der Waals surface area contributed by atoms with Gasteiger partial charge >= 0.3 is 0 Å². The highest BCUT2D eigenvalue weighted by Crippen LogP contribution is 2.23. The minimum Gasteiger partial charge on any atom is -0.321 e. The molecule has 2 N–H and O–H groups in total. The van der Waals surface area contributed by atoms with Gasteiger partial charge in [-0.2, -0.15) is 4.68 Å². The number of aromatic nitrogens is 3. The van der Waals surface area contributed by atoms with Crippen molar-refractivity contribution >= 4 is 22.9 Å². The average molecular weight is 433 g/mol. The summed E-state index contributed by atoms with van der Waals surface area (Å²) < 4.78 is 1.43. The van der Waals surface area contributed by atoms with E-state index in [0.717, 1.165) is 22.5 Å². The second-order valence-electron chi connectivity index (χ2n) is 7.75. The minimum atomic E-state index is -0.235. The number of carbonyl (C=O) groups is 1. The van der Waals surface area contributed by atoms with Gasteiger partial charge in [0.15, 0.2) is 0 Å². The number of benzene rings is 2. The summed E-state index contributed by atoms with van der Waals surface area (Å²) in [4.78, 5) is 30.8. The Morgan fingerprint density at radius 2 is 1.61 bits per heavy atom. The van der Waals surface area contributed by atoms with Crippen LogP contribution in [-0.2, 0) is 6.42 Å². The van der Waals surface area contributed by atoms with Crippen molar-refractivity contribution in [1.29, 1.82) is 0 Å². The van der Waals surface area contributed by atoms with Crippen LogP contribution in [0.2, 0.25) is 0 Å². The topological polar surface area (TPSA) is 79.8 Å². The van der Waals surface area contributed by atoms with Gasteiger partial charge in [-0.05, 0) is 45.4 Å². The molecule has 0 spiro atoms. The molecule has 2 aromatic carbocycles. The van der Waals surface area contributed by atoms with Gasteiger partial charge in [-0.1, -0.05) is 58.9 Å². The molecule has 1 amide bonds. The number of nitrogens with one attached hydrogen (secondary N) is 2. The molecule has 158 valence electrons. The fourth-order valence-corrected chi connectivity index (χ4v) is 4.27. The SMILES string of the molecule is Cc1ccc(Cc2c(C)[nH]n(-c3nc(C)c(C(=O)Nc4ccc(C)cc4)s3)c2=O)cc1. The van der Waals surface area contributed by atoms with Crippen molar-refractivity contribution in [2.24, 2.45) is 0 Å². The van der Waals surface area contributed by atoms with Crippen LogP contribution in [0.1, 0.15) is 43.3 Å². The average Bonchev–Trinajstić information content (AvgIpc) is 3.26. The van der Waals surface area contributed by atoms with E-state index in [1.165, 1.54) is 21.6 Å². The van der Waals surface area contributed by atoms with Gasteiger partial charge in [-0.3, -0.25) is 14.7 Å². The summed E-state index contributed by atoms with van der Waals surface area (Å²) in [5, 5.41) is 6.46. The molecule has 4 rings (SSSR count). The molecule has 0 aliphatic rings. The first-order valence-corrected chi connectivity index (χ1v) is 10.9. The zero-order valence-corrected chi connectivity index (χ0v) is 18.8. The Kier molecular flexibility index (Phi) is 5.61. The van der Waals surface area contributed by atoms with Gasteiger partial charge in [0.2, 0.25) is 5.13 Å². The van der Waals surface area contributed by atoms with Crippen LogP contribution in [-0.4, -0.2) is 20.7 Å². The molecule has 0 bridgehead atoms. The number of H-pyrrole nitrogens is 1. The van der Waals surface area contributed by atoms with E-state index in [9.17, 15) is 9.59 Å². The van der Waals surface area contributed by atoms with E-state index in [4.69, 9.17) is 0 Å². The molecule has 0 atom stereocenters. The third-order valence-electron chi connectivity index (χ3n) is 5.19. The fourth-order valence-electron chi connectivity index (χ4n) is 3.35. The molecule has 6 nitrogen and oxygen atoms in total. The van der Waals surface area contributed by atoms with Crippen LogP contribution < -0.4 is 10.9 Å². The van der Waals surface area contributed by atoms with Crippen molar-refractivity contribution in [2.45, 2.75) is 34.1 Å². The molecule has 0 saturated heterocycles. The van der Waals surface area contributed by atoms with Crippen LogP contribution in [0.5, 0.6) is 0 Å². The van der Waals surface area contributed by atoms with Crippen molar-refractivity contribution in [3.8, 4) is 5.13 Å². The molecular formula is C24H24N4O2S. The van der Waals surface area contributed by atoms with Gasteiger partial charge in [-0.25, -0.2) is 4.98 Å². The van der Waals surface area contributed by atoms with E-state index in [-0.39, 0.29) is 11.5 Å². The number of amides is 1. The zero-order valence-electron chi connectivity index (χ0n) is 17.9. The Hall–Kier alpha value is -3.45. The van der Waals surface area contributed by atoms with Gasteiger partial charge in [0.05, 0.1) is 5.69 Å². The number of nitrogens with zero attached hydrogens (tertiary/aromatic N) is 2. The predicted molar refractivity (Wildman–Crippen MR) is 125 cm³/mol. The van der Waals surface area contributed by atoms with E-state index in [1.54, 1.807) is 6.92 Å². The Morgan fingerprint density at radius 3 is 2.26 bits per heavy atom. The lowest BCUT2D eigenvalue weighted by molar-refractivity contribution is 0.103. The number of carbonyl (C=O) groups excluding carboxylic acids is 1. The number of thiazole rings is 1. The first-order valence-electron chi connectivity index (χ1n) is 10.0. The van der Waals surface area contributed by atoms with Gasteiger partial charge in [0.25, 0.3) is 11.5 Å². The Balaban J connectivity index is 1.60. The maximum Gasteiger partial charge on any atom is 0.277 e. The summed E-state index contributed by atoms with van der Waals surface area (Å²) >= 11 is 1.20. The monoisotopic (exact) mass is 432 g/mol. The summed E-state index contributed by atoms with van der Waals surface area (Å²) in [7, 11) is 0. The van der Waals surface area contributed by atoms with E-state index in [2.05, 4.69) is 15.4 Å². The summed E-state index contributed by atoms with van der Waals surface area (Å²) in [6, 6.07) is 15.8. The lowest BCUT2D eigenvalue weighted by atomic mass is 10.0. The van der Waals surface area contributed by atoms with Crippen molar-refractivity contribution in [3.05, 3.63) is 97.4 Å². The third kappa shape index (κ3) is 4.36. The number of hydrogen-bond donors (Lipinski definition) is 2. The number of aromatic amines is 1. The standard InChI is InChI=1S/C24H24N4O2S/c1-14-5-9-18(10-6-14)13-20-16(3)27-28(23(20)30)24-25-17(4)21(31-24)22(29)26-19-11-7-15(2)8-12-19/h5-12,27H,13H2,1-4H3,(H,26,29). The highest BCUT2D eigenvalue weighted by atomic mass is 32.1. The maximum atomic E-state index is 13.1. The molecular weight excluding hydrogens is 408 g/mol. The van der Waals surface area contributed by atoms with E-state index in [0.29, 0.717) is 27.7 Å². The Labute approximate surface area is 184 Å². The van der Waals surface area contributed by atoms with Crippen LogP contribution in [0.15, 0.2) is 53.3 Å². The summed E-state index contributed by atoms with van der Waals surface area (Å²) in [5.74, 6) is -0.235. The smallest absolute Gasteiger partial charge is 0.277 e. The molecule has 7 heteroatoms. The number of hydrogen-bond acceptors (Lipinski definition) is 4. The highest BCUT2D eigenvalue weighted by Gasteiger charge is 2.20. The normalized spacial score (nSPS) is 11.0. The number of aryl methyl sites for hydroxylation is 4. The quantitative estimate of drug-likeness (QED) is 0.480. The van der Waals surface area contributed by atoms with E-state index in [1.807, 2.05) is 69.3 Å². The van der Waals surface area contributed by atoms with Gasteiger partial charge in [0.1, 0.15) is 4.88 Å². The molecule has 2 heterocycles. The Morgan fingerprint density at radius 1 is 1.00 bits per heavy atom.